The van der Waals surface area contributed by atoms with E-state index in [1.807, 2.05) is 12.1 Å². The standard InChI is InChI=1S/C20H17IN4O6/c21-12-3-7-14(8-4-12)25-9-10-30-16(19(25)28)15(26)18(27)22-13-5-1-11(2-6-13)17-23-20(29)31-24-17/h1-8,15-16,26H,9-10H2,(H,22,27)(H,23,24,29)/t15-,16-/m1/s1. The van der Waals surface area contributed by atoms with E-state index < -0.39 is 29.8 Å². The quantitative estimate of drug-likeness (QED) is 0.419. The van der Waals surface area contributed by atoms with Crippen molar-refractivity contribution in [1.29, 1.82) is 0 Å². The Kier molecular flexibility index (Phi) is 6.15. The van der Waals surface area contributed by atoms with Crippen LogP contribution in [0.25, 0.3) is 11.4 Å². The van der Waals surface area contributed by atoms with Crippen LogP contribution in [0.4, 0.5) is 11.4 Å². The van der Waals surface area contributed by atoms with Crippen LogP contribution in [-0.4, -0.2) is 52.4 Å². The van der Waals surface area contributed by atoms with Crippen molar-refractivity contribution < 1.29 is 24.0 Å². The molecule has 31 heavy (non-hydrogen) atoms. The summed E-state index contributed by atoms with van der Waals surface area (Å²) in [6.07, 6.45) is -3.00. The second kappa shape index (κ2) is 8.99. The lowest BCUT2D eigenvalue weighted by Crippen LogP contribution is -2.55. The van der Waals surface area contributed by atoms with Crippen LogP contribution >= 0.6 is 22.6 Å². The molecule has 0 saturated carbocycles. The second-order valence-corrected chi connectivity index (χ2v) is 7.96. The number of hydrogen-bond acceptors (Lipinski definition) is 7. The molecule has 1 fully saturated rings. The van der Waals surface area contributed by atoms with Crippen LogP contribution in [0.5, 0.6) is 0 Å². The van der Waals surface area contributed by atoms with Gasteiger partial charge in [0, 0.05) is 27.1 Å². The van der Waals surface area contributed by atoms with E-state index in [4.69, 9.17) is 4.74 Å². The molecule has 10 nitrogen and oxygen atoms in total. The van der Waals surface area contributed by atoms with E-state index in [1.165, 1.54) is 4.90 Å². The highest BCUT2D eigenvalue weighted by Gasteiger charge is 2.39. The lowest BCUT2D eigenvalue weighted by atomic mass is 10.1. The van der Waals surface area contributed by atoms with Crippen molar-refractivity contribution in [1.82, 2.24) is 10.1 Å². The van der Waals surface area contributed by atoms with Gasteiger partial charge in [0.05, 0.1) is 6.61 Å². The molecule has 2 atom stereocenters. The number of nitrogens with zero attached hydrogens (tertiary/aromatic N) is 2. The van der Waals surface area contributed by atoms with Gasteiger partial charge in [-0.2, -0.15) is 0 Å². The number of aromatic nitrogens is 2. The summed E-state index contributed by atoms with van der Waals surface area (Å²) in [4.78, 5) is 40.3. The van der Waals surface area contributed by atoms with Crippen molar-refractivity contribution >= 4 is 45.8 Å². The summed E-state index contributed by atoms with van der Waals surface area (Å²) >= 11 is 2.17. The number of aromatic amines is 1. The Bertz CT molecular complexity index is 1140. The first-order chi connectivity index (χ1) is 14.9. The molecular formula is C20H17IN4O6. The van der Waals surface area contributed by atoms with Crippen LogP contribution in [0.2, 0.25) is 0 Å². The predicted molar refractivity (Wildman–Crippen MR) is 118 cm³/mol. The number of halogens is 1. The van der Waals surface area contributed by atoms with Gasteiger partial charge < -0.3 is 20.1 Å². The third-order valence-electron chi connectivity index (χ3n) is 4.68. The summed E-state index contributed by atoms with van der Waals surface area (Å²) in [5, 5.41) is 16.6. The number of nitrogens with one attached hydrogen (secondary N) is 2. The molecule has 0 bridgehead atoms. The van der Waals surface area contributed by atoms with Crippen LogP contribution in [0.3, 0.4) is 0 Å². The van der Waals surface area contributed by atoms with Crippen molar-refractivity contribution in [3.05, 3.63) is 62.7 Å². The molecule has 11 heteroatoms. The smallest absolute Gasteiger partial charge is 0.380 e. The third-order valence-corrected chi connectivity index (χ3v) is 5.40. The molecule has 3 aromatic rings. The highest BCUT2D eigenvalue weighted by atomic mass is 127. The molecule has 1 aromatic heterocycles. The Hall–Kier alpha value is -3.03. The van der Waals surface area contributed by atoms with Crippen LogP contribution in [0.1, 0.15) is 0 Å². The number of carbonyl (C=O) groups is 2. The van der Waals surface area contributed by atoms with Gasteiger partial charge in [-0.05, 0) is 71.1 Å². The van der Waals surface area contributed by atoms with E-state index in [-0.39, 0.29) is 12.4 Å². The number of H-pyrrole nitrogens is 1. The number of benzene rings is 2. The van der Waals surface area contributed by atoms with Gasteiger partial charge in [-0.25, -0.2) is 4.79 Å². The van der Waals surface area contributed by atoms with E-state index >= 15 is 0 Å². The molecule has 1 saturated heterocycles. The number of amides is 2. The first kappa shape index (κ1) is 21.2. The van der Waals surface area contributed by atoms with Gasteiger partial charge in [-0.1, -0.05) is 5.16 Å². The molecule has 2 aromatic carbocycles. The highest BCUT2D eigenvalue weighted by molar-refractivity contribution is 14.1. The van der Waals surface area contributed by atoms with Gasteiger partial charge in [0.25, 0.3) is 11.8 Å². The maximum absolute atomic E-state index is 12.8. The van der Waals surface area contributed by atoms with E-state index in [0.29, 0.717) is 23.5 Å². The summed E-state index contributed by atoms with van der Waals surface area (Å²) in [5.41, 5.74) is 1.63. The van der Waals surface area contributed by atoms with Gasteiger partial charge in [0.1, 0.15) is 0 Å². The number of aliphatic hydroxyl groups excluding tert-OH is 1. The highest BCUT2D eigenvalue weighted by Crippen LogP contribution is 2.22. The topological polar surface area (TPSA) is 138 Å². The molecule has 1 aliphatic rings. The van der Waals surface area contributed by atoms with Crippen molar-refractivity contribution in [2.75, 3.05) is 23.4 Å². The van der Waals surface area contributed by atoms with Gasteiger partial charge in [-0.15, -0.1) is 0 Å². The zero-order valence-corrected chi connectivity index (χ0v) is 18.1. The first-order valence-electron chi connectivity index (χ1n) is 9.26. The van der Waals surface area contributed by atoms with Crippen molar-refractivity contribution in [3.8, 4) is 11.4 Å². The molecular weight excluding hydrogens is 519 g/mol. The Morgan fingerprint density at radius 2 is 1.90 bits per heavy atom. The Labute approximate surface area is 189 Å². The Balaban J connectivity index is 1.43. The van der Waals surface area contributed by atoms with Crippen LogP contribution < -0.4 is 16.0 Å². The van der Waals surface area contributed by atoms with Crippen LogP contribution in [0.15, 0.2) is 57.8 Å². The summed E-state index contributed by atoms with van der Waals surface area (Å²) in [6.45, 7) is 0.521. The Morgan fingerprint density at radius 1 is 1.19 bits per heavy atom. The molecule has 0 aliphatic carbocycles. The van der Waals surface area contributed by atoms with E-state index in [0.717, 1.165) is 3.57 Å². The lowest BCUT2D eigenvalue weighted by molar-refractivity contribution is -0.150. The maximum atomic E-state index is 12.8. The van der Waals surface area contributed by atoms with Crippen molar-refractivity contribution in [3.63, 3.8) is 0 Å². The zero-order chi connectivity index (χ0) is 22.0. The fraction of sp³-hybridized carbons (Fsp3) is 0.200. The minimum atomic E-state index is -1.69. The van der Waals surface area contributed by atoms with Gasteiger partial charge in [0.2, 0.25) is 0 Å². The average molecular weight is 536 g/mol. The van der Waals surface area contributed by atoms with Crippen LogP contribution in [-0.2, 0) is 14.3 Å². The molecule has 0 radical (unpaired) electrons. The molecule has 0 unspecified atom stereocenters. The molecule has 1 aliphatic heterocycles. The maximum Gasteiger partial charge on any atom is 0.439 e. The third kappa shape index (κ3) is 4.68. The van der Waals surface area contributed by atoms with Crippen LogP contribution in [0, 0.1) is 3.57 Å². The second-order valence-electron chi connectivity index (χ2n) is 6.71. The normalized spacial score (nSPS) is 17.4. The number of hydrogen-bond donors (Lipinski definition) is 3. The molecule has 0 spiro atoms. The molecule has 160 valence electrons. The first-order valence-corrected chi connectivity index (χ1v) is 10.3. The number of anilines is 2. The number of ether oxygens (including phenoxy) is 1. The molecule has 2 amide bonds. The van der Waals surface area contributed by atoms with E-state index in [1.54, 1.807) is 36.4 Å². The SMILES string of the molecule is O=C(Nc1ccc(-c2noc(=O)[nH]2)cc1)[C@H](O)[C@H]1OCCN(c2ccc(I)cc2)C1=O. The minimum absolute atomic E-state index is 0.192. The number of carbonyl (C=O) groups excluding carboxylic acids is 2. The lowest BCUT2D eigenvalue weighted by Gasteiger charge is -2.34. The van der Waals surface area contributed by atoms with E-state index in [2.05, 4.69) is 42.6 Å². The summed E-state index contributed by atoms with van der Waals surface area (Å²) in [5.74, 6) is -1.68. The average Bonchev–Trinajstić information content (AvgIpc) is 3.21. The molecule has 3 N–H and O–H groups in total. The Morgan fingerprint density at radius 3 is 2.55 bits per heavy atom. The van der Waals surface area contributed by atoms with Gasteiger partial charge in [-0.3, -0.25) is 19.1 Å². The number of rotatable bonds is 5. The van der Waals surface area contributed by atoms with Crippen molar-refractivity contribution in [2.45, 2.75) is 12.2 Å². The summed E-state index contributed by atoms with van der Waals surface area (Å²) in [7, 11) is 0. The number of morpholine rings is 1. The fourth-order valence-corrected chi connectivity index (χ4v) is 3.49. The zero-order valence-electron chi connectivity index (χ0n) is 15.9. The minimum Gasteiger partial charge on any atom is -0.380 e. The summed E-state index contributed by atoms with van der Waals surface area (Å²) in [6, 6.07) is 13.7. The fourth-order valence-electron chi connectivity index (χ4n) is 3.13. The predicted octanol–water partition coefficient (Wildman–Crippen LogP) is 1.37. The molecule has 2 heterocycles. The molecule has 4 rings (SSSR count). The van der Waals surface area contributed by atoms with Gasteiger partial charge >= 0.3 is 5.76 Å². The number of aliphatic hydroxyl groups is 1. The van der Waals surface area contributed by atoms with E-state index in [9.17, 15) is 19.5 Å². The monoisotopic (exact) mass is 536 g/mol. The summed E-state index contributed by atoms with van der Waals surface area (Å²) < 4.78 is 10.9. The largest absolute Gasteiger partial charge is 0.439 e. The van der Waals surface area contributed by atoms with Gasteiger partial charge in [0.15, 0.2) is 18.0 Å². The van der Waals surface area contributed by atoms with Crippen molar-refractivity contribution in [2.24, 2.45) is 0 Å².